The molecule has 118 valence electrons. The molecule has 0 aromatic heterocycles. The van der Waals surface area contributed by atoms with Gasteiger partial charge in [0, 0.05) is 11.6 Å². The van der Waals surface area contributed by atoms with E-state index in [2.05, 4.69) is 4.72 Å². The first kappa shape index (κ1) is 16.4. The standard InChI is InChI=1S/C14H12F3NO3S/c1-7(2)21-11-6-10(19)13(20)12-8(11)4-3-5-9(12)18-22-14(15,16)17/h3-7,18H,1-2H3. The van der Waals surface area contributed by atoms with E-state index >= 15 is 0 Å². The molecule has 0 saturated heterocycles. The summed E-state index contributed by atoms with van der Waals surface area (Å²) in [5, 5.41) is 0. The van der Waals surface area contributed by atoms with Crippen LogP contribution >= 0.6 is 11.9 Å². The van der Waals surface area contributed by atoms with Gasteiger partial charge in [-0.3, -0.25) is 9.59 Å². The van der Waals surface area contributed by atoms with Crippen molar-refractivity contribution < 1.29 is 27.5 Å². The molecule has 0 bridgehead atoms. The number of halogens is 3. The molecule has 8 heteroatoms. The third kappa shape index (κ3) is 3.62. The average molecular weight is 331 g/mol. The zero-order valence-electron chi connectivity index (χ0n) is 11.7. The van der Waals surface area contributed by atoms with Gasteiger partial charge in [0.15, 0.2) is 0 Å². The molecule has 1 aliphatic rings. The number of carbonyl (C=O) groups excluding carboxylic acids is 2. The van der Waals surface area contributed by atoms with Crippen molar-refractivity contribution in [1.29, 1.82) is 0 Å². The minimum atomic E-state index is -4.52. The summed E-state index contributed by atoms with van der Waals surface area (Å²) in [6.45, 7) is 3.48. The maximum absolute atomic E-state index is 12.3. The van der Waals surface area contributed by atoms with Gasteiger partial charge in [-0.2, -0.15) is 13.2 Å². The van der Waals surface area contributed by atoms with Gasteiger partial charge < -0.3 is 9.46 Å². The Bertz CT molecular complexity index is 653. The number of carbonyl (C=O) groups is 2. The Balaban J connectivity index is 2.44. The van der Waals surface area contributed by atoms with Crippen LogP contribution in [-0.2, 0) is 9.53 Å². The van der Waals surface area contributed by atoms with E-state index in [1.807, 2.05) is 0 Å². The van der Waals surface area contributed by atoms with Gasteiger partial charge in [0.2, 0.25) is 11.6 Å². The minimum Gasteiger partial charge on any atom is -0.490 e. The number of ketones is 2. The monoisotopic (exact) mass is 331 g/mol. The van der Waals surface area contributed by atoms with Crippen molar-refractivity contribution in [3.8, 4) is 0 Å². The van der Waals surface area contributed by atoms with Crippen LogP contribution in [0, 0.1) is 0 Å². The summed E-state index contributed by atoms with van der Waals surface area (Å²) in [4.78, 5) is 23.8. The molecule has 0 radical (unpaired) electrons. The molecular formula is C14H12F3NO3S. The van der Waals surface area contributed by atoms with Crippen LogP contribution in [0.2, 0.25) is 0 Å². The molecule has 22 heavy (non-hydrogen) atoms. The Hall–Kier alpha value is -1.96. The van der Waals surface area contributed by atoms with Crippen LogP contribution in [0.4, 0.5) is 18.9 Å². The molecule has 0 aliphatic heterocycles. The van der Waals surface area contributed by atoms with Crippen molar-refractivity contribution in [2.45, 2.75) is 25.5 Å². The molecule has 1 N–H and O–H groups in total. The zero-order valence-corrected chi connectivity index (χ0v) is 12.5. The molecule has 1 aromatic carbocycles. The van der Waals surface area contributed by atoms with Gasteiger partial charge in [-0.05, 0) is 19.9 Å². The van der Waals surface area contributed by atoms with Crippen LogP contribution < -0.4 is 4.72 Å². The molecule has 1 aliphatic carbocycles. The smallest absolute Gasteiger partial charge is 0.461 e. The Morgan fingerprint density at radius 3 is 2.50 bits per heavy atom. The molecule has 1 aromatic rings. The molecule has 0 atom stereocenters. The van der Waals surface area contributed by atoms with Gasteiger partial charge in [-0.1, -0.05) is 12.1 Å². The number of allylic oxidation sites excluding steroid dienone is 1. The largest absolute Gasteiger partial charge is 0.490 e. The van der Waals surface area contributed by atoms with Crippen molar-refractivity contribution in [1.82, 2.24) is 0 Å². The van der Waals surface area contributed by atoms with E-state index in [-0.39, 0.29) is 23.1 Å². The quantitative estimate of drug-likeness (QED) is 0.672. The molecule has 4 nitrogen and oxygen atoms in total. The molecule has 0 amide bonds. The Morgan fingerprint density at radius 1 is 1.23 bits per heavy atom. The van der Waals surface area contributed by atoms with Crippen LogP contribution in [0.15, 0.2) is 24.3 Å². The fraction of sp³-hybridized carbons (Fsp3) is 0.286. The lowest BCUT2D eigenvalue weighted by Gasteiger charge is -2.21. The fourth-order valence-corrected chi connectivity index (χ4v) is 2.33. The van der Waals surface area contributed by atoms with E-state index in [1.165, 1.54) is 18.2 Å². The molecule has 0 fully saturated rings. The summed E-state index contributed by atoms with van der Waals surface area (Å²) in [5.74, 6) is -1.51. The van der Waals surface area contributed by atoms with Gasteiger partial charge in [0.05, 0.1) is 29.3 Å². The number of hydrogen-bond donors (Lipinski definition) is 1. The predicted molar refractivity (Wildman–Crippen MR) is 77.2 cm³/mol. The van der Waals surface area contributed by atoms with Crippen molar-refractivity contribution in [2.24, 2.45) is 0 Å². The Labute approximate surface area is 128 Å². The fourth-order valence-electron chi connectivity index (χ4n) is 1.94. The van der Waals surface area contributed by atoms with Gasteiger partial charge in [0.1, 0.15) is 5.76 Å². The van der Waals surface area contributed by atoms with E-state index in [0.29, 0.717) is 5.56 Å². The van der Waals surface area contributed by atoms with E-state index in [0.717, 1.165) is 6.08 Å². The highest BCUT2D eigenvalue weighted by molar-refractivity contribution is 8.01. The molecule has 0 spiro atoms. The Kier molecular flexibility index (Phi) is 4.50. The average Bonchev–Trinajstić information content (AvgIpc) is 2.40. The summed E-state index contributed by atoms with van der Waals surface area (Å²) in [5.41, 5.74) is -4.40. The van der Waals surface area contributed by atoms with Crippen LogP contribution in [0.25, 0.3) is 5.76 Å². The second-order valence-electron chi connectivity index (χ2n) is 4.75. The van der Waals surface area contributed by atoms with Crippen LogP contribution in [-0.4, -0.2) is 23.2 Å². The van der Waals surface area contributed by atoms with Gasteiger partial charge in [0.25, 0.3) is 0 Å². The van der Waals surface area contributed by atoms with E-state index < -0.39 is 29.0 Å². The summed E-state index contributed by atoms with van der Waals surface area (Å²) in [6, 6.07) is 4.32. The van der Waals surface area contributed by atoms with E-state index in [1.54, 1.807) is 13.8 Å². The zero-order chi connectivity index (χ0) is 16.5. The lowest BCUT2D eigenvalue weighted by molar-refractivity contribution is -0.111. The summed E-state index contributed by atoms with van der Waals surface area (Å²) in [7, 11) is 0. The number of ether oxygens (including phenoxy) is 1. The number of rotatable bonds is 4. The highest BCUT2D eigenvalue weighted by atomic mass is 32.2. The lowest BCUT2D eigenvalue weighted by atomic mass is 9.92. The second-order valence-corrected chi connectivity index (χ2v) is 5.62. The molecular weight excluding hydrogens is 319 g/mol. The third-order valence-electron chi connectivity index (χ3n) is 2.68. The molecule has 2 rings (SSSR count). The summed E-state index contributed by atoms with van der Waals surface area (Å²) >= 11 is -0.496. The first-order chi connectivity index (χ1) is 10.2. The number of Topliss-reactive ketones (excluding diaryl/α,β-unsaturated/α-hetero) is 1. The molecule has 0 saturated carbocycles. The predicted octanol–water partition coefficient (Wildman–Crippen LogP) is 3.80. The third-order valence-corrected chi connectivity index (χ3v) is 3.24. The van der Waals surface area contributed by atoms with Gasteiger partial charge in [-0.15, -0.1) is 0 Å². The van der Waals surface area contributed by atoms with Crippen molar-refractivity contribution in [2.75, 3.05) is 4.72 Å². The van der Waals surface area contributed by atoms with Crippen molar-refractivity contribution in [3.63, 3.8) is 0 Å². The molecule has 0 unspecified atom stereocenters. The normalized spacial score (nSPS) is 14.7. The second kappa shape index (κ2) is 6.04. The topological polar surface area (TPSA) is 55.4 Å². The number of benzene rings is 1. The minimum absolute atomic E-state index is 0.0730. The van der Waals surface area contributed by atoms with Gasteiger partial charge in [-0.25, -0.2) is 0 Å². The van der Waals surface area contributed by atoms with Crippen LogP contribution in [0.1, 0.15) is 29.8 Å². The first-order valence-corrected chi connectivity index (χ1v) is 7.12. The first-order valence-electron chi connectivity index (χ1n) is 6.30. The highest BCUT2D eigenvalue weighted by Gasteiger charge is 2.33. The van der Waals surface area contributed by atoms with Gasteiger partial charge >= 0.3 is 5.51 Å². The number of alkyl halides is 3. The van der Waals surface area contributed by atoms with Crippen molar-refractivity contribution in [3.05, 3.63) is 35.4 Å². The maximum atomic E-state index is 12.3. The number of hydrogen-bond acceptors (Lipinski definition) is 5. The lowest BCUT2D eigenvalue weighted by Crippen LogP contribution is -2.22. The highest BCUT2D eigenvalue weighted by Crippen LogP contribution is 2.36. The molecule has 0 heterocycles. The Morgan fingerprint density at radius 2 is 1.91 bits per heavy atom. The van der Waals surface area contributed by atoms with Crippen LogP contribution in [0.5, 0.6) is 0 Å². The maximum Gasteiger partial charge on any atom is 0.461 e. The summed E-state index contributed by atoms with van der Waals surface area (Å²) < 4.78 is 44.5. The number of nitrogens with one attached hydrogen (secondary N) is 1. The van der Waals surface area contributed by atoms with E-state index in [4.69, 9.17) is 4.74 Å². The summed E-state index contributed by atoms with van der Waals surface area (Å²) in [6.07, 6.45) is 0.812. The van der Waals surface area contributed by atoms with E-state index in [9.17, 15) is 22.8 Å². The number of anilines is 1. The SMILES string of the molecule is CC(C)OC1=CC(=O)C(=O)c2c(NSC(F)(F)F)cccc21. The number of fused-ring (bicyclic) bond motifs is 1. The van der Waals surface area contributed by atoms with Crippen LogP contribution in [0.3, 0.4) is 0 Å². The van der Waals surface area contributed by atoms with Crippen molar-refractivity contribution >= 4 is 35.0 Å².